The SMILES string of the molecule is CCOCC1CN(C(=O)Nc2cnc3c(Br)cccn23)CCO1. The van der Waals surface area contributed by atoms with Crippen molar-refractivity contribution in [3.05, 3.63) is 29.0 Å². The maximum absolute atomic E-state index is 12.5. The molecular formula is C15H19BrN4O3. The molecule has 1 fully saturated rings. The molecular weight excluding hydrogens is 364 g/mol. The molecule has 2 aromatic heterocycles. The minimum Gasteiger partial charge on any atom is -0.379 e. The van der Waals surface area contributed by atoms with Gasteiger partial charge in [-0.1, -0.05) is 0 Å². The van der Waals surface area contributed by atoms with E-state index in [2.05, 4.69) is 26.2 Å². The average Bonchev–Trinajstić information content (AvgIpc) is 2.97. The highest BCUT2D eigenvalue weighted by Crippen LogP contribution is 2.20. The standard InChI is InChI=1S/C15H19BrN4O3/c1-2-22-10-11-9-19(6-7-23-11)15(21)18-13-8-17-14-12(16)4-3-5-20(13)14/h3-5,8,11H,2,6-7,9-10H2,1H3,(H,18,21). The van der Waals surface area contributed by atoms with E-state index in [0.29, 0.717) is 38.7 Å². The number of rotatable bonds is 4. The number of urea groups is 1. The normalized spacial score (nSPS) is 18.3. The molecule has 1 atom stereocenters. The topological polar surface area (TPSA) is 68.1 Å². The van der Waals surface area contributed by atoms with Gasteiger partial charge in [-0.05, 0) is 35.0 Å². The van der Waals surface area contributed by atoms with Crippen molar-refractivity contribution in [2.45, 2.75) is 13.0 Å². The number of pyridine rings is 1. The van der Waals surface area contributed by atoms with Gasteiger partial charge >= 0.3 is 6.03 Å². The number of halogens is 1. The average molecular weight is 383 g/mol. The Morgan fingerprint density at radius 3 is 3.30 bits per heavy atom. The van der Waals surface area contributed by atoms with E-state index in [0.717, 1.165) is 10.1 Å². The summed E-state index contributed by atoms with van der Waals surface area (Å²) in [6.45, 7) is 4.69. The molecule has 3 rings (SSSR count). The monoisotopic (exact) mass is 382 g/mol. The van der Waals surface area contributed by atoms with Gasteiger partial charge in [0, 0.05) is 19.3 Å². The predicted molar refractivity (Wildman–Crippen MR) is 89.7 cm³/mol. The van der Waals surface area contributed by atoms with Gasteiger partial charge in [0.25, 0.3) is 0 Å². The van der Waals surface area contributed by atoms with Crippen LogP contribution in [0.2, 0.25) is 0 Å². The number of hydrogen-bond acceptors (Lipinski definition) is 4. The van der Waals surface area contributed by atoms with E-state index in [-0.39, 0.29) is 12.1 Å². The Hall–Kier alpha value is -1.64. The van der Waals surface area contributed by atoms with Crippen molar-refractivity contribution in [2.24, 2.45) is 0 Å². The highest BCUT2D eigenvalue weighted by atomic mass is 79.9. The number of carbonyl (C=O) groups excluding carboxylic acids is 1. The minimum atomic E-state index is -0.156. The van der Waals surface area contributed by atoms with Crippen molar-refractivity contribution in [3.8, 4) is 0 Å². The molecule has 7 nitrogen and oxygen atoms in total. The maximum atomic E-state index is 12.5. The Bertz CT molecular complexity index is 690. The second kappa shape index (κ2) is 7.29. The third-order valence-electron chi connectivity index (χ3n) is 3.66. The zero-order valence-electron chi connectivity index (χ0n) is 12.9. The number of ether oxygens (including phenoxy) is 2. The molecule has 0 spiro atoms. The van der Waals surface area contributed by atoms with Gasteiger partial charge in [-0.2, -0.15) is 0 Å². The van der Waals surface area contributed by atoms with Crippen LogP contribution in [0.4, 0.5) is 10.6 Å². The first-order chi connectivity index (χ1) is 11.2. The molecule has 23 heavy (non-hydrogen) atoms. The number of nitrogens with zero attached hydrogens (tertiary/aromatic N) is 3. The fraction of sp³-hybridized carbons (Fsp3) is 0.467. The Balaban J connectivity index is 1.67. The number of hydrogen-bond donors (Lipinski definition) is 1. The number of carbonyl (C=O) groups is 1. The zero-order chi connectivity index (χ0) is 16.2. The summed E-state index contributed by atoms with van der Waals surface area (Å²) in [4.78, 5) is 18.5. The number of nitrogens with one attached hydrogen (secondary N) is 1. The number of morpholine rings is 1. The summed E-state index contributed by atoms with van der Waals surface area (Å²) in [5.41, 5.74) is 0.763. The van der Waals surface area contributed by atoms with Crippen LogP contribution in [0, 0.1) is 0 Å². The molecule has 3 heterocycles. The highest BCUT2D eigenvalue weighted by molar-refractivity contribution is 9.10. The highest BCUT2D eigenvalue weighted by Gasteiger charge is 2.25. The van der Waals surface area contributed by atoms with Crippen molar-refractivity contribution >= 4 is 33.4 Å². The number of imidazole rings is 1. The Morgan fingerprint density at radius 2 is 2.48 bits per heavy atom. The molecule has 2 aromatic rings. The first kappa shape index (κ1) is 16.2. The van der Waals surface area contributed by atoms with Crippen molar-refractivity contribution in [1.29, 1.82) is 0 Å². The summed E-state index contributed by atoms with van der Waals surface area (Å²) in [5, 5.41) is 2.91. The van der Waals surface area contributed by atoms with E-state index in [9.17, 15) is 4.79 Å². The van der Waals surface area contributed by atoms with Crippen LogP contribution in [-0.2, 0) is 9.47 Å². The van der Waals surface area contributed by atoms with E-state index < -0.39 is 0 Å². The Morgan fingerprint density at radius 1 is 1.61 bits per heavy atom. The summed E-state index contributed by atoms with van der Waals surface area (Å²) in [5.74, 6) is 0.638. The largest absolute Gasteiger partial charge is 0.379 e. The van der Waals surface area contributed by atoms with Crippen LogP contribution in [-0.4, -0.2) is 59.3 Å². The molecule has 0 bridgehead atoms. The molecule has 1 saturated heterocycles. The number of fused-ring (bicyclic) bond motifs is 1. The molecule has 124 valence electrons. The number of aromatic nitrogens is 2. The first-order valence-electron chi connectivity index (χ1n) is 7.56. The van der Waals surface area contributed by atoms with Crippen LogP contribution in [0.3, 0.4) is 0 Å². The lowest BCUT2D eigenvalue weighted by molar-refractivity contribution is -0.0555. The van der Waals surface area contributed by atoms with Crippen LogP contribution in [0.25, 0.3) is 5.65 Å². The van der Waals surface area contributed by atoms with Gasteiger partial charge < -0.3 is 14.4 Å². The third-order valence-corrected chi connectivity index (χ3v) is 4.28. The molecule has 8 heteroatoms. The third kappa shape index (κ3) is 3.65. The molecule has 1 N–H and O–H groups in total. The molecule has 0 saturated carbocycles. The lowest BCUT2D eigenvalue weighted by atomic mass is 10.3. The Kier molecular flexibility index (Phi) is 5.14. The van der Waals surface area contributed by atoms with Crippen molar-refractivity contribution in [3.63, 3.8) is 0 Å². The van der Waals surface area contributed by atoms with Crippen molar-refractivity contribution < 1.29 is 14.3 Å². The van der Waals surface area contributed by atoms with Gasteiger partial charge in [0.2, 0.25) is 0 Å². The quantitative estimate of drug-likeness (QED) is 0.880. The van der Waals surface area contributed by atoms with Gasteiger partial charge in [-0.3, -0.25) is 9.72 Å². The fourth-order valence-corrected chi connectivity index (χ4v) is 2.96. The van der Waals surface area contributed by atoms with Crippen LogP contribution < -0.4 is 5.32 Å². The number of amides is 2. The lowest BCUT2D eigenvalue weighted by Gasteiger charge is -2.32. The van der Waals surface area contributed by atoms with Crippen LogP contribution in [0.5, 0.6) is 0 Å². The molecule has 0 aliphatic carbocycles. The summed E-state index contributed by atoms with van der Waals surface area (Å²) in [6.07, 6.45) is 3.43. The smallest absolute Gasteiger partial charge is 0.323 e. The Labute approximate surface area is 142 Å². The summed E-state index contributed by atoms with van der Waals surface area (Å²) >= 11 is 3.45. The van der Waals surface area contributed by atoms with Gasteiger partial charge in [0.05, 0.1) is 36.5 Å². The zero-order valence-corrected chi connectivity index (χ0v) is 14.5. The van der Waals surface area contributed by atoms with E-state index in [1.54, 1.807) is 11.1 Å². The summed E-state index contributed by atoms with van der Waals surface area (Å²) in [6, 6.07) is 3.65. The molecule has 1 aliphatic rings. The second-order valence-electron chi connectivity index (χ2n) is 5.22. The predicted octanol–water partition coefficient (Wildman–Crippen LogP) is 2.37. The summed E-state index contributed by atoms with van der Waals surface area (Å²) in [7, 11) is 0. The van der Waals surface area contributed by atoms with E-state index in [1.807, 2.05) is 29.7 Å². The molecule has 1 unspecified atom stereocenters. The lowest BCUT2D eigenvalue weighted by Crippen LogP contribution is -2.48. The van der Waals surface area contributed by atoms with E-state index in [1.165, 1.54) is 0 Å². The van der Waals surface area contributed by atoms with E-state index in [4.69, 9.17) is 9.47 Å². The van der Waals surface area contributed by atoms with Crippen LogP contribution in [0.15, 0.2) is 29.0 Å². The van der Waals surface area contributed by atoms with Crippen LogP contribution in [0.1, 0.15) is 6.92 Å². The minimum absolute atomic E-state index is 0.0780. The molecule has 0 aromatic carbocycles. The summed E-state index contributed by atoms with van der Waals surface area (Å²) < 4.78 is 13.7. The molecule has 0 radical (unpaired) electrons. The van der Waals surface area contributed by atoms with Crippen LogP contribution >= 0.6 is 15.9 Å². The van der Waals surface area contributed by atoms with Gasteiger partial charge in [0.15, 0.2) is 5.65 Å². The second-order valence-corrected chi connectivity index (χ2v) is 6.08. The van der Waals surface area contributed by atoms with Gasteiger partial charge in [0.1, 0.15) is 5.82 Å². The van der Waals surface area contributed by atoms with Crippen molar-refractivity contribution in [1.82, 2.24) is 14.3 Å². The molecule has 2 amide bonds. The van der Waals surface area contributed by atoms with Crippen molar-refractivity contribution in [2.75, 3.05) is 38.2 Å². The molecule has 1 aliphatic heterocycles. The van der Waals surface area contributed by atoms with Gasteiger partial charge in [-0.15, -0.1) is 0 Å². The first-order valence-corrected chi connectivity index (χ1v) is 8.35. The number of anilines is 1. The fourth-order valence-electron chi connectivity index (χ4n) is 2.51. The van der Waals surface area contributed by atoms with Gasteiger partial charge in [-0.25, -0.2) is 9.78 Å². The van der Waals surface area contributed by atoms with E-state index >= 15 is 0 Å². The maximum Gasteiger partial charge on any atom is 0.323 e.